The minimum Gasteiger partial charge on any atom is -0.352 e. The Hall–Kier alpha value is -2.48. The lowest BCUT2D eigenvalue weighted by Crippen LogP contribution is -2.58. The van der Waals surface area contributed by atoms with Gasteiger partial charge in [0.15, 0.2) is 11.5 Å². The molecule has 1 aliphatic heterocycles. The summed E-state index contributed by atoms with van der Waals surface area (Å²) in [7, 11) is 2.20. The highest BCUT2D eigenvalue weighted by molar-refractivity contribution is 5.47. The van der Waals surface area contributed by atoms with Gasteiger partial charge in [-0.05, 0) is 38.9 Å². The van der Waals surface area contributed by atoms with Crippen LogP contribution in [0.5, 0.6) is 0 Å². The zero-order chi connectivity index (χ0) is 17.0. The summed E-state index contributed by atoms with van der Waals surface area (Å²) >= 11 is 0. The predicted molar refractivity (Wildman–Crippen MR) is 93.5 cm³/mol. The van der Waals surface area contributed by atoms with Crippen molar-refractivity contribution in [1.82, 2.24) is 34.3 Å². The molecule has 1 saturated heterocycles. The van der Waals surface area contributed by atoms with E-state index in [0.717, 1.165) is 36.9 Å². The molecule has 0 aromatic carbocycles. The van der Waals surface area contributed by atoms with Crippen LogP contribution in [-0.2, 0) is 6.54 Å². The molecule has 3 aromatic rings. The molecule has 0 unspecified atom stereocenters. The summed E-state index contributed by atoms with van der Waals surface area (Å²) in [5.41, 5.74) is 2.12. The van der Waals surface area contributed by atoms with Crippen LogP contribution in [0.4, 0.5) is 5.82 Å². The third-order valence-corrected chi connectivity index (χ3v) is 5.31. The smallest absolute Gasteiger partial charge is 0.178 e. The molecular formula is C17H22N8. The monoisotopic (exact) mass is 338 g/mol. The van der Waals surface area contributed by atoms with Crippen LogP contribution in [0.2, 0.25) is 0 Å². The highest BCUT2D eigenvalue weighted by atomic mass is 15.4. The van der Waals surface area contributed by atoms with E-state index >= 15 is 0 Å². The number of aryl methyl sites for hydroxylation is 1. The fraction of sp³-hybridized carbons (Fsp3) is 0.529. The van der Waals surface area contributed by atoms with Crippen molar-refractivity contribution >= 4 is 11.5 Å². The lowest BCUT2D eigenvalue weighted by Gasteiger charge is -2.44. The second-order valence-corrected chi connectivity index (χ2v) is 7.21. The number of rotatable bonds is 5. The molecule has 2 fully saturated rings. The van der Waals surface area contributed by atoms with Crippen LogP contribution in [0.25, 0.3) is 5.65 Å². The van der Waals surface area contributed by atoms with E-state index in [1.165, 1.54) is 18.5 Å². The fourth-order valence-electron chi connectivity index (χ4n) is 3.50. The molecule has 1 saturated carbocycles. The van der Waals surface area contributed by atoms with Gasteiger partial charge in [-0.3, -0.25) is 4.90 Å². The van der Waals surface area contributed by atoms with E-state index in [-0.39, 0.29) is 0 Å². The molecule has 0 bridgehead atoms. The third kappa shape index (κ3) is 2.57. The quantitative estimate of drug-likeness (QED) is 0.698. The molecule has 0 atom stereocenters. The molecule has 3 aromatic heterocycles. The van der Waals surface area contributed by atoms with Crippen molar-refractivity contribution < 1.29 is 0 Å². The van der Waals surface area contributed by atoms with Gasteiger partial charge >= 0.3 is 0 Å². The number of likely N-dealkylation sites (N-methyl/N-ethyl adjacent to an activating group) is 1. The first-order valence-electron chi connectivity index (χ1n) is 8.84. The number of fused-ring (bicyclic) bond motifs is 1. The van der Waals surface area contributed by atoms with E-state index in [9.17, 15) is 0 Å². The van der Waals surface area contributed by atoms with Crippen LogP contribution in [-0.4, -0.2) is 60.4 Å². The van der Waals surface area contributed by atoms with Gasteiger partial charge in [-0.2, -0.15) is 4.52 Å². The number of aromatic nitrogens is 6. The maximum absolute atomic E-state index is 4.66. The molecule has 0 radical (unpaired) electrons. The summed E-state index contributed by atoms with van der Waals surface area (Å²) in [6.07, 6.45) is 6.58. The summed E-state index contributed by atoms with van der Waals surface area (Å²) in [5, 5.41) is 12.8. The largest absolute Gasteiger partial charge is 0.352 e. The van der Waals surface area contributed by atoms with E-state index in [2.05, 4.69) is 41.7 Å². The van der Waals surface area contributed by atoms with Crippen LogP contribution in [0.1, 0.15) is 30.4 Å². The fourth-order valence-corrected chi connectivity index (χ4v) is 3.50. The van der Waals surface area contributed by atoms with Crippen molar-refractivity contribution in [3.8, 4) is 0 Å². The summed E-state index contributed by atoms with van der Waals surface area (Å²) in [4.78, 5) is 9.06. The van der Waals surface area contributed by atoms with E-state index < -0.39 is 0 Å². The highest BCUT2D eigenvalue weighted by Crippen LogP contribution is 2.36. The molecule has 1 aliphatic carbocycles. The van der Waals surface area contributed by atoms with Gasteiger partial charge in [0.25, 0.3) is 0 Å². The summed E-state index contributed by atoms with van der Waals surface area (Å²) in [5.74, 6) is 1.81. The zero-order valence-electron chi connectivity index (χ0n) is 14.6. The molecule has 4 heterocycles. The van der Waals surface area contributed by atoms with Crippen molar-refractivity contribution in [2.75, 3.05) is 25.0 Å². The second-order valence-electron chi connectivity index (χ2n) is 7.21. The number of anilines is 1. The maximum atomic E-state index is 4.66. The van der Waals surface area contributed by atoms with Crippen molar-refractivity contribution in [2.24, 2.45) is 0 Å². The molecule has 130 valence electrons. The molecule has 0 N–H and O–H groups in total. The number of hydrogen-bond acceptors (Lipinski definition) is 6. The van der Waals surface area contributed by atoms with Crippen LogP contribution in [0.3, 0.4) is 0 Å². The Kier molecular flexibility index (Phi) is 3.27. The average Bonchev–Trinajstić information content (AvgIpc) is 3.20. The lowest BCUT2D eigenvalue weighted by atomic mass is 10.1. The number of nitrogens with zero attached hydrogens (tertiary/aromatic N) is 8. The van der Waals surface area contributed by atoms with Crippen LogP contribution < -0.4 is 4.90 Å². The van der Waals surface area contributed by atoms with Crippen molar-refractivity contribution in [3.05, 3.63) is 36.2 Å². The Bertz CT molecular complexity index is 902. The van der Waals surface area contributed by atoms with Gasteiger partial charge in [0.1, 0.15) is 5.82 Å². The number of imidazole rings is 1. The third-order valence-electron chi connectivity index (χ3n) is 5.31. The normalized spacial score (nSPS) is 18.3. The SMILES string of the molecule is Cc1nnc2ccc(N3CC(N(C)Cc4cncn4C4CC4)C3)nn12. The summed E-state index contributed by atoms with van der Waals surface area (Å²) in [6.45, 7) is 4.86. The molecule has 8 heteroatoms. The summed E-state index contributed by atoms with van der Waals surface area (Å²) < 4.78 is 4.15. The molecule has 25 heavy (non-hydrogen) atoms. The Morgan fingerprint density at radius 1 is 1.20 bits per heavy atom. The molecule has 0 spiro atoms. The maximum Gasteiger partial charge on any atom is 0.178 e. The zero-order valence-corrected chi connectivity index (χ0v) is 14.6. The Morgan fingerprint density at radius 3 is 2.84 bits per heavy atom. The van der Waals surface area contributed by atoms with Crippen molar-refractivity contribution in [1.29, 1.82) is 0 Å². The average molecular weight is 338 g/mol. The van der Waals surface area contributed by atoms with Gasteiger partial charge < -0.3 is 9.47 Å². The molecule has 2 aliphatic rings. The Labute approximate surface area is 146 Å². The van der Waals surface area contributed by atoms with Gasteiger partial charge in [0.2, 0.25) is 0 Å². The lowest BCUT2D eigenvalue weighted by molar-refractivity contribution is 0.192. The van der Waals surface area contributed by atoms with Gasteiger partial charge in [0.05, 0.1) is 12.0 Å². The number of hydrogen-bond donors (Lipinski definition) is 0. The minimum absolute atomic E-state index is 0.544. The first kappa shape index (κ1) is 14.8. The second kappa shape index (κ2) is 5.52. The molecule has 8 nitrogen and oxygen atoms in total. The first-order chi connectivity index (χ1) is 12.2. The van der Waals surface area contributed by atoms with E-state index in [1.807, 2.05) is 31.6 Å². The van der Waals surface area contributed by atoms with Gasteiger partial charge in [0, 0.05) is 37.9 Å². The Balaban J connectivity index is 1.24. The van der Waals surface area contributed by atoms with Crippen LogP contribution in [0, 0.1) is 6.92 Å². The van der Waals surface area contributed by atoms with E-state index in [1.54, 1.807) is 4.52 Å². The van der Waals surface area contributed by atoms with Gasteiger partial charge in [-0.25, -0.2) is 4.98 Å². The topological polar surface area (TPSA) is 67.4 Å². The first-order valence-corrected chi connectivity index (χ1v) is 8.84. The van der Waals surface area contributed by atoms with Crippen LogP contribution >= 0.6 is 0 Å². The molecule has 5 rings (SSSR count). The van der Waals surface area contributed by atoms with Gasteiger partial charge in [-0.15, -0.1) is 15.3 Å². The minimum atomic E-state index is 0.544. The van der Waals surface area contributed by atoms with Crippen molar-refractivity contribution in [3.63, 3.8) is 0 Å². The standard InChI is InChI=1S/C17H22N8/c1-12-19-20-16-5-6-17(21-25(12)16)23-9-15(10-23)22(2)8-14-7-18-11-24(14)13-3-4-13/h5-7,11,13,15H,3-4,8-10H2,1-2H3. The Morgan fingerprint density at radius 2 is 2.04 bits per heavy atom. The highest BCUT2D eigenvalue weighted by Gasteiger charge is 2.32. The molecule has 0 amide bonds. The molecular weight excluding hydrogens is 316 g/mol. The van der Waals surface area contributed by atoms with E-state index in [0.29, 0.717) is 12.1 Å². The van der Waals surface area contributed by atoms with E-state index in [4.69, 9.17) is 0 Å². The predicted octanol–water partition coefficient (Wildman–Crippen LogP) is 1.28. The van der Waals surface area contributed by atoms with Crippen LogP contribution in [0.15, 0.2) is 24.7 Å². The summed E-state index contributed by atoms with van der Waals surface area (Å²) in [6, 6.07) is 5.24. The van der Waals surface area contributed by atoms with Crippen molar-refractivity contribution in [2.45, 2.75) is 38.4 Å². The van der Waals surface area contributed by atoms with Gasteiger partial charge in [-0.1, -0.05) is 0 Å².